The Morgan fingerprint density at radius 1 is 1.16 bits per heavy atom. The van der Waals surface area contributed by atoms with Crippen LogP contribution in [0.4, 0.5) is 0 Å². The molecule has 2 aromatic carbocycles. The van der Waals surface area contributed by atoms with Crippen molar-refractivity contribution in [2.24, 2.45) is 5.73 Å². The molecular weight excluding hydrogens is 370 g/mol. The van der Waals surface area contributed by atoms with Gasteiger partial charge >= 0.3 is 0 Å². The predicted octanol–water partition coefficient (Wildman–Crippen LogP) is 4.46. The molecule has 2 rings (SSSR count). The van der Waals surface area contributed by atoms with E-state index in [2.05, 4.69) is 37.9 Å². The number of nitrogens with two attached hydrogens (primary N) is 1. The first-order chi connectivity index (χ1) is 9.10. The van der Waals surface area contributed by atoms with Crippen molar-refractivity contribution in [2.45, 2.75) is 12.5 Å². The van der Waals surface area contributed by atoms with Gasteiger partial charge in [0.1, 0.15) is 5.75 Å². The van der Waals surface area contributed by atoms with Crippen LogP contribution in [0.15, 0.2) is 51.4 Å². The van der Waals surface area contributed by atoms with Crippen molar-refractivity contribution >= 4 is 31.9 Å². The van der Waals surface area contributed by atoms with E-state index in [1.54, 1.807) is 7.11 Å². The second-order valence-corrected chi connectivity index (χ2v) is 6.10. The lowest BCUT2D eigenvalue weighted by Crippen LogP contribution is -2.14. The standard InChI is InChI=1S/C15H15Br2NO/c1-19-12-4-2-3-10(7-12)8-15(18)13-6-5-11(16)9-14(13)17/h2-7,9,15H,8,18H2,1H3. The van der Waals surface area contributed by atoms with Crippen LogP contribution in [0.25, 0.3) is 0 Å². The van der Waals surface area contributed by atoms with Gasteiger partial charge < -0.3 is 10.5 Å². The lowest BCUT2D eigenvalue weighted by Gasteiger charge is -2.15. The van der Waals surface area contributed by atoms with Gasteiger partial charge in [0.15, 0.2) is 0 Å². The first-order valence-corrected chi connectivity index (χ1v) is 7.52. The lowest BCUT2D eigenvalue weighted by molar-refractivity contribution is 0.414. The van der Waals surface area contributed by atoms with E-state index in [1.807, 2.05) is 36.4 Å². The van der Waals surface area contributed by atoms with Crippen molar-refractivity contribution in [3.8, 4) is 5.75 Å². The summed E-state index contributed by atoms with van der Waals surface area (Å²) in [5.41, 5.74) is 8.55. The lowest BCUT2D eigenvalue weighted by atomic mass is 10.00. The minimum atomic E-state index is -0.0467. The molecule has 2 N–H and O–H groups in total. The number of ether oxygens (including phenoxy) is 1. The average Bonchev–Trinajstić information content (AvgIpc) is 2.38. The molecule has 0 saturated heterocycles. The number of methoxy groups -OCH3 is 1. The minimum absolute atomic E-state index is 0.0467. The number of halogens is 2. The van der Waals surface area contributed by atoms with Gasteiger partial charge in [-0.05, 0) is 41.8 Å². The Morgan fingerprint density at radius 2 is 1.95 bits per heavy atom. The van der Waals surface area contributed by atoms with Gasteiger partial charge in [-0.2, -0.15) is 0 Å². The Bertz CT molecular complexity index is 572. The van der Waals surface area contributed by atoms with E-state index in [4.69, 9.17) is 10.5 Å². The molecule has 0 radical (unpaired) electrons. The fraction of sp³-hybridized carbons (Fsp3) is 0.200. The van der Waals surface area contributed by atoms with Crippen LogP contribution in [0.3, 0.4) is 0 Å². The van der Waals surface area contributed by atoms with Crippen LogP contribution in [-0.2, 0) is 6.42 Å². The summed E-state index contributed by atoms with van der Waals surface area (Å²) in [5, 5.41) is 0. The fourth-order valence-corrected chi connectivity index (χ4v) is 3.31. The van der Waals surface area contributed by atoms with E-state index in [1.165, 1.54) is 5.56 Å². The molecule has 2 aromatic rings. The molecule has 0 heterocycles. The maximum absolute atomic E-state index is 6.28. The molecule has 0 aliphatic heterocycles. The first kappa shape index (κ1) is 14.6. The van der Waals surface area contributed by atoms with Gasteiger partial charge in [-0.1, -0.05) is 50.1 Å². The molecule has 0 bridgehead atoms. The molecule has 2 nitrogen and oxygen atoms in total. The highest BCUT2D eigenvalue weighted by molar-refractivity contribution is 9.11. The van der Waals surface area contributed by atoms with Gasteiger partial charge in [-0.3, -0.25) is 0 Å². The van der Waals surface area contributed by atoms with E-state index >= 15 is 0 Å². The smallest absolute Gasteiger partial charge is 0.119 e. The SMILES string of the molecule is COc1cccc(CC(N)c2ccc(Br)cc2Br)c1. The summed E-state index contributed by atoms with van der Waals surface area (Å²) in [5.74, 6) is 0.861. The van der Waals surface area contributed by atoms with E-state index < -0.39 is 0 Å². The maximum atomic E-state index is 6.28. The zero-order valence-electron chi connectivity index (χ0n) is 10.6. The normalized spacial score (nSPS) is 12.2. The van der Waals surface area contributed by atoms with Crippen LogP contribution < -0.4 is 10.5 Å². The Balaban J connectivity index is 2.17. The summed E-state index contributed by atoms with van der Waals surface area (Å²) in [6.07, 6.45) is 0.775. The Labute approximate surface area is 130 Å². The van der Waals surface area contributed by atoms with Crippen LogP contribution in [0.1, 0.15) is 17.2 Å². The molecule has 0 saturated carbocycles. The highest BCUT2D eigenvalue weighted by atomic mass is 79.9. The highest BCUT2D eigenvalue weighted by Gasteiger charge is 2.11. The first-order valence-electron chi connectivity index (χ1n) is 5.93. The van der Waals surface area contributed by atoms with Crippen molar-refractivity contribution in [3.05, 3.63) is 62.5 Å². The molecular formula is C15H15Br2NO. The molecule has 4 heteroatoms. The van der Waals surface area contributed by atoms with E-state index in [0.717, 1.165) is 26.7 Å². The molecule has 0 aliphatic rings. The monoisotopic (exact) mass is 383 g/mol. The summed E-state index contributed by atoms with van der Waals surface area (Å²) in [4.78, 5) is 0. The molecule has 1 unspecified atom stereocenters. The largest absolute Gasteiger partial charge is 0.497 e. The summed E-state index contributed by atoms with van der Waals surface area (Å²) in [6.45, 7) is 0. The molecule has 19 heavy (non-hydrogen) atoms. The van der Waals surface area contributed by atoms with Gasteiger partial charge in [0.2, 0.25) is 0 Å². The second-order valence-electron chi connectivity index (χ2n) is 4.33. The van der Waals surface area contributed by atoms with Gasteiger partial charge in [0.05, 0.1) is 7.11 Å². The average molecular weight is 385 g/mol. The predicted molar refractivity (Wildman–Crippen MR) is 85.5 cm³/mol. The summed E-state index contributed by atoms with van der Waals surface area (Å²) < 4.78 is 7.29. The zero-order valence-corrected chi connectivity index (χ0v) is 13.7. The summed E-state index contributed by atoms with van der Waals surface area (Å²) in [7, 11) is 1.67. The van der Waals surface area contributed by atoms with Crippen LogP contribution >= 0.6 is 31.9 Å². The maximum Gasteiger partial charge on any atom is 0.119 e. The van der Waals surface area contributed by atoms with Crippen molar-refractivity contribution < 1.29 is 4.74 Å². The molecule has 0 fully saturated rings. The molecule has 0 spiro atoms. The number of benzene rings is 2. The van der Waals surface area contributed by atoms with E-state index in [0.29, 0.717) is 0 Å². The van der Waals surface area contributed by atoms with Crippen LogP contribution in [0, 0.1) is 0 Å². The van der Waals surface area contributed by atoms with Gasteiger partial charge in [-0.15, -0.1) is 0 Å². The van der Waals surface area contributed by atoms with Crippen LogP contribution in [-0.4, -0.2) is 7.11 Å². The van der Waals surface area contributed by atoms with Crippen molar-refractivity contribution in [1.82, 2.24) is 0 Å². The second kappa shape index (κ2) is 6.55. The molecule has 1 atom stereocenters. The van der Waals surface area contributed by atoms with E-state index in [-0.39, 0.29) is 6.04 Å². The molecule has 100 valence electrons. The number of hydrogen-bond donors (Lipinski definition) is 1. The van der Waals surface area contributed by atoms with Crippen molar-refractivity contribution in [1.29, 1.82) is 0 Å². The van der Waals surface area contributed by atoms with E-state index in [9.17, 15) is 0 Å². The van der Waals surface area contributed by atoms with Crippen molar-refractivity contribution in [2.75, 3.05) is 7.11 Å². The Kier molecular flexibility index (Phi) is 5.02. The Morgan fingerprint density at radius 3 is 2.63 bits per heavy atom. The summed E-state index contributed by atoms with van der Waals surface area (Å²) in [6, 6.07) is 14.0. The number of hydrogen-bond acceptors (Lipinski definition) is 2. The zero-order chi connectivity index (χ0) is 13.8. The fourth-order valence-electron chi connectivity index (χ4n) is 1.97. The third-order valence-corrected chi connectivity index (χ3v) is 4.13. The molecule has 0 aliphatic carbocycles. The Hall–Kier alpha value is -0.840. The van der Waals surface area contributed by atoms with Gasteiger partial charge in [-0.25, -0.2) is 0 Å². The third-order valence-electron chi connectivity index (χ3n) is 2.95. The van der Waals surface area contributed by atoms with Crippen molar-refractivity contribution in [3.63, 3.8) is 0 Å². The summed E-state index contributed by atoms with van der Waals surface area (Å²) >= 11 is 7.00. The molecule has 0 aromatic heterocycles. The topological polar surface area (TPSA) is 35.2 Å². The van der Waals surface area contributed by atoms with Crippen LogP contribution in [0.2, 0.25) is 0 Å². The van der Waals surface area contributed by atoms with Crippen LogP contribution in [0.5, 0.6) is 5.75 Å². The van der Waals surface area contributed by atoms with Gasteiger partial charge in [0.25, 0.3) is 0 Å². The third kappa shape index (κ3) is 3.81. The number of rotatable bonds is 4. The van der Waals surface area contributed by atoms with Gasteiger partial charge in [0, 0.05) is 15.0 Å². The molecule has 0 amide bonds. The quantitative estimate of drug-likeness (QED) is 0.844. The highest BCUT2D eigenvalue weighted by Crippen LogP contribution is 2.28. The minimum Gasteiger partial charge on any atom is -0.497 e.